The first-order chi connectivity index (χ1) is 11.5. The molecule has 3 aromatic heterocycles. The van der Waals surface area contributed by atoms with Crippen LogP contribution < -0.4 is 5.32 Å². The molecular weight excluding hydrogens is 304 g/mol. The van der Waals surface area contributed by atoms with Crippen LogP contribution in [0.3, 0.4) is 0 Å². The molecule has 4 aromatic rings. The van der Waals surface area contributed by atoms with Crippen LogP contribution in [-0.4, -0.2) is 30.7 Å². The Morgan fingerprint density at radius 1 is 1.25 bits per heavy atom. The van der Waals surface area contributed by atoms with Crippen LogP contribution >= 0.6 is 0 Å². The summed E-state index contributed by atoms with van der Waals surface area (Å²) in [5.74, 6) is -0.156. The third kappa shape index (κ3) is 2.13. The van der Waals surface area contributed by atoms with Gasteiger partial charge in [-0.1, -0.05) is 0 Å². The van der Waals surface area contributed by atoms with Gasteiger partial charge in [0.05, 0.1) is 16.8 Å². The van der Waals surface area contributed by atoms with Crippen molar-refractivity contribution >= 4 is 28.1 Å². The molecule has 4 rings (SSSR count). The molecule has 0 spiro atoms. The number of benzene rings is 1. The molecule has 24 heavy (non-hydrogen) atoms. The first-order valence-corrected chi connectivity index (χ1v) is 7.60. The third-order valence-corrected chi connectivity index (χ3v) is 4.25. The van der Waals surface area contributed by atoms with Crippen molar-refractivity contribution in [3.05, 3.63) is 53.1 Å². The maximum absolute atomic E-state index is 12.8. The fourth-order valence-corrected chi connectivity index (χ4v) is 3.05. The van der Waals surface area contributed by atoms with E-state index in [0.717, 1.165) is 33.4 Å². The lowest BCUT2D eigenvalue weighted by molar-refractivity contribution is 0.102. The number of nitrogens with zero attached hydrogens (tertiary/aromatic N) is 4. The molecule has 0 fully saturated rings. The van der Waals surface area contributed by atoms with Gasteiger partial charge in [-0.15, -0.1) is 10.2 Å². The Hall–Kier alpha value is -3.22. The molecule has 1 aromatic carbocycles. The van der Waals surface area contributed by atoms with Crippen molar-refractivity contribution in [1.82, 2.24) is 24.8 Å². The minimum atomic E-state index is -0.156. The number of aromatic nitrogens is 5. The molecule has 7 nitrogen and oxygen atoms in total. The number of rotatable bonds is 2. The number of fused-ring (bicyclic) bond motifs is 2. The van der Waals surface area contributed by atoms with Gasteiger partial charge in [-0.2, -0.15) is 5.10 Å². The number of aromatic amines is 1. The van der Waals surface area contributed by atoms with Gasteiger partial charge in [0.1, 0.15) is 6.33 Å². The molecule has 7 heteroatoms. The topological polar surface area (TPSA) is 88.0 Å². The number of H-pyrrole nitrogens is 1. The Bertz CT molecular complexity index is 1090. The highest BCUT2D eigenvalue weighted by molar-refractivity contribution is 6.07. The predicted octanol–water partition coefficient (Wildman–Crippen LogP) is 2.78. The maximum Gasteiger partial charge on any atom is 0.256 e. The number of aryl methyl sites for hydroxylation is 3. The number of anilines is 1. The van der Waals surface area contributed by atoms with Gasteiger partial charge in [-0.05, 0) is 44.5 Å². The summed E-state index contributed by atoms with van der Waals surface area (Å²) in [4.78, 5) is 12.8. The number of hydrogen-bond acceptors (Lipinski definition) is 4. The molecule has 0 aliphatic rings. The molecule has 0 bridgehead atoms. The summed E-state index contributed by atoms with van der Waals surface area (Å²) in [5, 5.41) is 19.1. The number of nitrogens with one attached hydrogen (secondary N) is 2. The number of pyridine rings is 1. The largest absolute Gasteiger partial charge is 0.322 e. The van der Waals surface area contributed by atoms with Crippen molar-refractivity contribution in [3.63, 3.8) is 0 Å². The Morgan fingerprint density at radius 3 is 2.92 bits per heavy atom. The fraction of sp³-hybridized carbons (Fsp3) is 0.176. The van der Waals surface area contributed by atoms with Crippen LogP contribution in [0.15, 0.2) is 30.7 Å². The summed E-state index contributed by atoms with van der Waals surface area (Å²) in [6.45, 7) is 5.72. The zero-order chi connectivity index (χ0) is 16.8. The predicted molar refractivity (Wildman–Crippen MR) is 91.2 cm³/mol. The smallest absolute Gasteiger partial charge is 0.256 e. The number of hydrogen-bond donors (Lipinski definition) is 2. The van der Waals surface area contributed by atoms with Crippen molar-refractivity contribution in [1.29, 1.82) is 0 Å². The standard InChI is InChI=1S/C17H16N6O/c1-9-7-23-8-18-22-16(23)10(2)15(9)17(24)19-12-4-5-14-13(6-12)11(3)20-21-14/h4-8H,1-3H3,(H,19,24)(H,20,21). The molecule has 0 unspecified atom stereocenters. The van der Waals surface area contributed by atoms with Gasteiger partial charge in [-0.25, -0.2) is 0 Å². The second-order valence-corrected chi connectivity index (χ2v) is 5.90. The van der Waals surface area contributed by atoms with Gasteiger partial charge in [-0.3, -0.25) is 14.3 Å². The molecule has 0 saturated heterocycles. The van der Waals surface area contributed by atoms with Gasteiger partial charge in [0, 0.05) is 22.8 Å². The second-order valence-electron chi connectivity index (χ2n) is 5.90. The molecular formula is C17H16N6O. The molecule has 3 heterocycles. The minimum absolute atomic E-state index is 0.156. The highest BCUT2D eigenvalue weighted by atomic mass is 16.1. The van der Waals surface area contributed by atoms with Crippen LogP contribution in [0.4, 0.5) is 5.69 Å². The fourth-order valence-electron chi connectivity index (χ4n) is 3.05. The molecule has 0 aliphatic carbocycles. The molecule has 0 saturated carbocycles. The average molecular weight is 320 g/mol. The first kappa shape index (κ1) is 14.4. The van der Waals surface area contributed by atoms with Gasteiger partial charge >= 0.3 is 0 Å². The Morgan fingerprint density at radius 2 is 2.08 bits per heavy atom. The molecule has 1 amide bonds. The quantitative estimate of drug-likeness (QED) is 0.594. The summed E-state index contributed by atoms with van der Waals surface area (Å²) in [7, 11) is 0. The van der Waals surface area contributed by atoms with E-state index in [9.17, 15) is 4.79 Å². The van der Waals surface area contributed by atoms with Crippen molar-refractivity contribution < 1.29 is 4.79 Å². The first-order valence-electron chi connectivity index (χ1n) is 7.60. The van der Waals surface area contributed by atoms with E-state index in [-0.39, 0.29) is 5.91 Å². The van der Waals surface area contributed by atoms with Gasteiger partial charge in [0.25, 0.3) is 5.91 Å². The molecule has 0 atom stereocenters. The summed E-state index contributed by atoms with van der Waals surface area (Å²) in [6, 6.07) is 5.69. The number of carbonyl (C=O) groups is 1. The van der Waals surface area contributed by atoms with E-state index in [4.69, 9.17) is 0 Å². The summed E-state index contributed by atoms with van der Waals surface area (Å²) in [6.07, 6.45) is 3.49. The van der Waals surface area contributed by atoms with Gasteiger partial charge in [0.15, 0.2) is 5.65 Å². The van der Waals surface area contributed by atoms with Crippen LogP contribution in [0.5, 0.6) is 0 Å². The van der Waals surface area contributed by atoms with Crippen LogP contribution in [0.25, 0.3) is 16.6 Å². The van der Waals surface area contributed by atoms with Crippen molar-refractivity contribution in [2.45, 2.75) is 20.8 Å². The molecule has 0 radical (unpaired) electrons. The van der Waals surface area contributed by atoms with Crippen LogP contribution in [-0.2, 0) is 0 Å². The molecule has 120 valence electrons. The summed E-state index contributed by atoms with van der Waals surface area (Å²) in [5.41, 5.74) is 5.58. The van der Waals surface area contributed by atoms with Crippen molar-refractivity contribution in [2.24, 2.45) is 0 Å². The van der Waals surface area contributed by atoms with Gasteiger partial charge in [0.2, 0.25) is 0 Å². The van der Waals surface area contributed by atoms with Crippen LogP contribution in [0.2, 0.25) is 0 Å². The van der Waals surface area contributed by atoms with E-state index < -0.39 is 0 Å². The second kappa shape index (κ2) is 5.16. The Kier molecular flexibility index (Phi) is 3.09. The zero-order valence-electron chi connectivity index (χ0n) is 13.6. The van der Waals surface area contributed by atoms with E-state index in [1.807, 2.05) is 49.6 Å². The lowest BCUT2D eigenvalue weighted by atomic mass is 10.0. The minimum Gasteiger partial charge on any atom is -0.322 e. The third-order valence-electron chi connectivity index (χ3n) is 4.25. The Labute approximate surface area is 137 Å². The average Bonchev–Trinajstić information content (AvgIpc) is 3.15. The van der Waals surface area contributed by atoms with E-state index in [1.54, 1.807) is 6.33 Å². The van der Waals surface area contributed by atoms with Crippen LogP contribution in [0.1, 0.15) is 27.2 Å². The van der Waals surface area contributed by atoms with E-state index >= 15 is 0 Å². The Balaban J connectivity index is 1.74. The molecule has 2 N–H and O–H groups in total. The lowest BCUT2D eigenvalue weighted by Gasteiger charge is -2.11. The maximum atomic E-state index is 12.8. The van der Waals surface area contributed by atoms with Gasteiger partial charge < -0.3 is 5.32 Å². The molecule has 0 aliphatic heterocycles. The van der Waals surface area contributed by atoms with E-state index in [0.29, 0.717) is 11.2 Å². The lowest BCUT2D eigenvalue weighted by Crippen LogP contribution is -2.16. The van der Waals surface area contributed by atoms with E-state index in [1.165, 1.54) is 0 Å². The normalized spacial score (nSPS) is 11.3. The summed E-state index contributed by atoms with van der Waals surface area (Å²) < 4.78 is 1.82. The highest BCUT2D eigenvalue weighted by Gasteiger charge is 2.17. The number of amides is 1. The zero-order valence-corrected chi connectivity index (χ0v) is 13.6. The number of carbonyl (C=O) groups excluding carboxylic acids is 1. The SMILES string of the molecule is Cc1cn2cnnc2c(C)c1C(=O)Nc1ccc2[nH]nc(C)c2c1. The van der Waals surface area contributed by atoms with Crippen molar-refractivity contribution in [2.75, 3.05) is 5.32 Å². The van der Waals surface area contributed by atoms with E-state index in [2.05, 4.69) is 25.7 Å². The van der Waals surface area contributed by atoms with Crippen molar-refractivity contribution in [3.8, 4) is 0 Å². The highest BCUT2D eigenvalue weighted by Crippen LogP contribution is 2.23. The monoisotopic (exact) mass is 320 g/mol. The summed E-state index contributed by atoms with van der Waals surface area (Å²) >= 11 is 0. The van der Waals surface area contributed by atoms with Crippen LogP contribution in [0, 0.1) is 20.8 Å².